The summed E-state index contributed by atoms with van der Waals surface area (Å²) >= 11 is 0. The van der Waals surface area contributed by atoms with Gasteiger partial charge in [-0.1, -0.05) is 0 Å². The molecule has 6 nitrogen and oxygen atoms in total. The van der Waals surface area contributed by atoms with Gasteiger partial charge < -0.3 is 19.6 Å². The van der Waals surface area contributed by atoms with Crippen LogP contribution < -0.4 is 10.1 Å². The largest absolute Gasteiger partial charge is 0.497 e. The second kappa shape index (κ2) is 4.51. The van der Waals surface area contributed by atoms with Crippen LogP contribution in [-0.4, -0.2) is 29.6 Å². The smallest absolute Gasteiger partial charge is 0.329 e. The van der Waals surface area contributed by atoms with Crippen LogP contribution in [0.4, 0.5) is 0 Å². The van der Waals surface area contributed by atoms with Crippen LogP contribution in [0.3, 0.4) is 0 Å². The van der Waals surface area contributed by atoms with Crippen molar-refractivity contribution in [3.05, 3.63) is 29.5 Å². The maximum absolute atomic E-state index is 12.4. The van der Waals surface area contributed by atoms with Gasteiger partial charge in [0.1, 0.15) is 22.6 Å². The maximum atomic E-state index is 12.4. The van der Waals surface area contributed by atoms with Crippen molar-refractivity contribution < 1.29 is 23.8 Å². The molecule has 1 fully saturated rings. The number of carbonyl (C=O) groups is 2. The summed E-state index contributed by atoms with van der Waals surface area (Å²) in [6, 6.07) is 5.18. The van der Waals surface area contributed by atoms with Gasteiger partial charge in [-0.3, -0.25) is 4.79 Å². The highest BCUT2D eigenvalue weighted by Crippen LogP contribution is 2.37. The molecule has 21 heavy (non-hydrogen) atoms. The summed E-state index contributed by atoms with van der Waals surface area (Å²) in [5.74, 6) is -0.369. The van der Waals surface area contributed by atoms with Crippen molar-refractivity contribution in [2.45, 2.75) is 25.3 Å². The number of aryl methyl sites for hydroxylation is 1. The van der Waals surface area contributed by atoms with E-state index in [9.17, 15) is 9.59 Å². The van der Waals surface area contributed by atoms with E-state index >= 15 is 0 Å². The molecular formula is C15H15NO5. The number of furan rings is 1. The lowest BCUT2D eigenvalue weighted by atomic mass is 10.1. The Kier molecular flexibility index (Phi) is 2.90. The summed E-state index contributed by atoms with van der Waals surface area (Å²) < 4.78 is 10.7. The lowest BCUT2D eigenvalue weighted by Gasteiger charge is -2.12. The van der Waals surface area contributed by atoms with E-state index in [1.165, 1.54) is 7.11 Å². The number of fused-ring (bicyclic) bond motifs is 1. The zero-order valence-corrected chi connectivity index (χ0v) is 11.7. The number of carboxylic acids is 1. The molecule has 0 bridgehead atoms. The quantitative estimate of drug-likeness (QED) is 0.899. The van der Waals surface area contributed by atoms with Gasteiger partial charge in [0.25, 0.3) is 5.91 Å². The van der Waals surface area contributed by atoms with Crippen molar-refractivity contribution in [2.24, 2.45) is 0 Å². The number of methoxy groups -OCH3 is 1. The third-order valence-electron chi connectivity index (χ3n) is 3.81. The fourth-order valence-corrected chi connectivity index (χ4v) is 2.41. The first-order valence-electron chi connectivity index (χ1n) is 6.60. The fourth-order valence-electron chi connectivity index (χ4n) is 2.41. The van der Waals surface area contributed by atoms with Crippen molar-refractivity contribution in [2.75, 3.05) is 7.11 Å². The molecular weight excluding hydrogens is 274 g/mol. The number of hydrogen-bond donors (Lipinski definition) is 2. The van der Waals surface area contributed by atoms with Gasteiger partial charge in [0.15, 0.2) is 0 Å². The number of aliphatic carboxylic acids is 1. The molecule has 2 aromatic rings. The zero-order valence-electron chi connectivity index (χ0n) is 11.7. The molecule has 3 rings (SSSR count). The molecule has 2 N–H and O–H groups in total. The predicted molar refractivity (Wildman–Crippen MR) is 74.6 cm³/mol. The molecule has 0 unspecified atom stereocenters. The monoisotopic (exact) mass is 289 g/mol. The minimum absolute atomic E-state index is 0.358. The summed E-state index contributed by atoms with van der Waals surface area (Å²) in [7, 11) is 1.54. The van der Waals surface area contributed by atoms with Gasteiger partial charge in [-0.05, 0) is 38.0 Å². The number of carbonyl (C=O) groups excluding carboxylic acids is 1. The van der Waals surface area contributed by atoms with Gasteiger partial charge in [0.05, 0.1) is 12.7 Å². The molecule has 1 aromatic heterocycles. The molecule has 1 aliphatic rings. The zero-order chi connectivity index (χ0) is 15.2. The molecule has 1 aliphatic carbocycles. The average molecular weight is 289 g/mol. The molecule has 1 aromatic carbocycles. The molecule has 0 radical (unpaired) electrons. The van der Waals surface area contributed by atoms with Gasteiger partial charge in [-0.25, -0.2) is 4.79 Å². The SMILES string of the molecule is COc1ccc2oc(C)c(C(=O)NC3(C(=O)O)CC3)c2c1. The van der Waals surface area contributed by atoms with Crippen LogP contribution in [0.2, 0.25) is 0 Å². The van der Waals surface area contributed by atoms with Crippen LogP contribution in [-0.2, 0) is 4.79 Å². The van der Waals surface area contributed by atoms with E-state index in [1.807, 2.05) is 0 Å². The Balaban J connectivity index is 2.01. The van der Waals surface area contributed by atoms with Crippen LogP contribution in [0.1, 0.15) is 29.0 Å². The summed E-state index contributed by atoms with van der Waals surface area (Å²) in [6.45, 7) is 1.68. The number of benzene rings is 1. The van der Waals surface area contributed by atoms with Crippen molar-refractivity contribution in [3.8, 4) is 5.75 Å². The first-order valence-corrected chi connectivity index (χ1v) is 6.60. The first-order chi connectivity index (χ1) is 9.97. The van der Waals surface area contributed by atoms with Crippen molar-refractivity contribution in [1.29, 1.82) is 0 Å². The molecule has 0 aliphatic heterocycles. The lowest BCUT2D eigenvalue weighted by Crippen LogP contribution is -2.43. The Morgan fingerprint density at radius 1 is 1.38 bits per heavy atom. The molecule has 0 spiro atoms. The Morgan fingerprint density at radius 2 is 2.10 bits per heavy atom. The molecule has 6 heteroatoms. The minimum Gasteiger partial charge on any atom is -0.497 e. The second-order valence-corrected chi connectivity index (χ2v) is 5.24. The number of carboxylic acid groups (broad SMARTS) is 1. The summed E-state index contributed by atoms with van der Waals surface area (Å²) in [4.78, 5) is 23.6. The number of nitrogens with one attached hydrogen (secondary N) is 1. The Morgan fingerprint density at radius 3 is 2.67 bits per heavy atom. The lowest BCUT2D eigenvalue weighted by molar-refractivity contribution is -0.140. The van der Waals surface area contributed by atoms with E-state index in [0.29, 0.717) is 40.9 Å². The normalized spacial score (nSPS) is 15.7. The third-order valence-corrected chi connectivity index (χ3v) is 3.81. The van der Waals surface area contributed by atoms with E-state index in [1.54, 1.807) is 25.1 Å². The van der Waals surface area contributed by atoms with Crippen molar-refractivity contribution in [3.63, 3.8) is 0 Å². The van der Waals surface area contributed by atoms with E-state index in [-0.39, 0.29) is 0 Å². The van der Waals surface area contributed by atoms with Crippen LogP contribution >= 0.6 is 0 Å². The number of rotatable bonds is 4. The molecule has 1 amide bonds. The van der Waals surface area contributed by atoms with Gasteiger partial charge in [-0.15, -0.1) is 0 Å². The molecule has 1 heterocycles. The first kappa shape index (κ1) is 13.5. The number of hydrogen-bond acceptors (Lipinski definition) is 4. The van der Waals surface area contributed by atoms with E-state index in [4.69, 9.17) is 14.3 Å². The average Bonchev–Trinajstić information content (AvgIpc) is 3.14. The Bertz CT molecular complexity index is 742. The highest BCUT2D eigenvalue weighted by Gasteiger charge is 2.52. The van der Waals surface area contributed by atoms with Gasteiger partial charge >= 0.3 is 5.97 Å². The molecule has 1 saturated carbocycles. The van der Waals surface area contributed by atoms with Gasteiger partial charge in [0, 0.05) is 5.39 Å². The highest BCUT2D eigenvalue weighted by atomic mass is 16.5. The van der Waals surface area contributed by atoms with Crippen LogP contribution in [0.15, 0.2) is 22.6 Å². The van der Waals surface area contributed by atoms with Gasteiger partial charge in [0.2, 0.25) is 0 Å². The summed E-state index contributed by atoms with van der Waals surface area (Å²) in [6.07, 6.45) is 0.901. The second-order valence-electron chi connectivity index (χ2n) is 5.24. The highest BCUT2D eigenvalue weighted by molar-refractivity contribution is 6.09. The topological polar surface area (TPSA) is 88.8 Å². The number of amides is 1. The van der Waals surface area contributed by atoms with Crippen LogP contribution in [0, 0.1) is 6.92 Å². The van der Waals surface area contributed by atoms with E-state index in [2.05, 4.69) is 5.32 Å². The van der Waals surface area contributed by atoms with Crippen LogP contribution in [0.25, 0.3) is 11.0 Å². The summed E-state index contributed by atoms with van der Waals surface area (Å²) in [5.41, 5.74) is -0.193. The molecule has 0 saturated heterocycles. The molecule has 110 valence electrons. The van der Waals surface area contributed by atoms with Gasteiger partial charge in [-0.2, -0.15) is 0 Å². The van der Waals surface area contributed by atoms with Crippen LogP contribution in [0.5, 0.6) is 5.75 Å². The fraction of sp³-hybridized carbons (Fsp3) is 0.333. The maximum Gasteiger partial charge on any atom is 0.329 e. The minimum atomic E-state index is -1.12. The third kappa shape index (κ3) is 2.12. The summed E-state index contributed by atoms with van der Waals surface area (Å²) in [5, 5.41) is 12.4. The molecule has 0 atom stereocenters. The van der Waals surface area contributed by atoms with Crippen molar-refractivity contribution >= 4 is 22.8 Å². The Labute approximate surface area is 120 Å². The Hall–Kier alpha value is -2.50. The van der Waals surface area contributed by atoms with Crippen molar-refractivity contribution in [1.82, 2.24) is 5.32 Å². The number of ether oxygens (including phenoxy) is 1. The van der Waals surface area contributed by atoms with E-state index < -0.39 is 17.4 Å². The van der Waals surface area contributed by atoms with E-state index in [0.717, 1.165) is 0 Å². The predicted octanol–water partition coefficient (Wildman–Crippen LogP) is 2.10. The standard InChI is InChI=1S/C15H15NO5/c1-8-12(13(17)16-15(5-6-15)14(18)19)10-7-9(20-2)3-4-11(10)21-8/h3-4,7H,5-6H2,1-2H3,(H,16,17)(H,18,19).